The number of hydrogen-bond donors (Lipinski definition) is 2. The highest BCUT2D eigenvalue weighted by Gasteiger charge is 2.04. The Labute approximate surface area is 110 Å². The Balaban J connectivity index is 2.29. The average Bonchev–Trinajstić information content (AvgIpc) is 2.37. The number of aliphatic hydroxyl groups is 1. The topological polar surface area (TPSA) is 41.5 Å². The first-order valence-corrected chi connectivity index (χ1v) is 6.68. The number of ether oxygens (including phenoxy) is 1. The highest BCUT2D eigenvalue weighted by atomic mass is 16.5. The first-order chi connectivity index (χ1) is 8.63. The van der Waals surface area contributed by atoms with Crippen LogP contribution in [0.3, 0.4) is 0 Å². The standard InChI is InChI=1S/C15H25NO2/c1-12(2)18-9-5-8-16-13(3)15-7-4-6-14(10-15)11-17/h4,6-7,10,12-13,16-17H,5,8-9,11H2,1-3H3. The van der Waals surface area contributed by atoms with Crippen LogP contribution in [0.25, 0.3) is 0 Å². The minimum Gasteiger partial charge on any atom is -0.392 e. The summed E-state index contributed by atoms with van der Waals surface area (Å²) in [5, 5.41) is 12.6. The van der Waals surface area contributed by atoms with Crippen LogP contribution in [0.1, 0.15) is 44.4 Å². The van der Waals surface area contributed by atoms with Gasteiger partial charge in [-0.2, -0.15) is 0 Å². The van der Waals surface area contributed by atoms with Crippen molar-refractivity contribution >= 4 is 0 Å². The minimum atomic E-state index is 0.1000. The maximum Gasteiger partial charge on any atom is 0.0681 e. The summed E-state index contributed by atoms with van der Waals surface area (Å²) >= 11 is 0. The first kappa shape index (κ1) is 15.2. The molecule has 3 heteroatoms. The molecular formula is C15H25NO2. The largest absolute Gasteiger partial charge is 0.392 e. The lowest BCUT2D eigenvalue weighted by Gasteiger charge is -2.15. The Hall–Kier alpha value is -0.900. The van der Waals surface area contributed by atoms with Crippen LogP contribution >= 0.6 is 0 Å². The third-order valence-electron chi connectivity index (χ3n) is 2.86. The van der Waals surface area contributed by atoms with E-state index in [0.29, 0.717) is 12.1 Å². The maximum atomic E-state index is 9.10. The lowest BCUT2D eigenvalue weighted by atomic mass is 10.1. The molecule has 0 fully saturated rings. The lowest BCUT2D eigenvalue weighted by molar-refractivity contribution is 0.0768. The first-order valence-electron chi connectivity index (χ1n) is 6.68. The molecule has 0 aliphatic rings. The van der Waals surface area contributed by atoms with Crippen LogP contribution in [0.2, 0.25) is 0 Å². The molecule has 1 unspecified atom stereocenters. The molecule has 102 valence electrons. The van der Waals surface area contributed by atoms with Gasteiger partial charge < -0.3 is 15.2 Å². The van der Waals surface area contributed by atoms with Crippen LogP contribution in [0.15, 0.2) is 24.3 Å². The molecule has 0 aromatic heterocycles. The SMILES string of the molecule is CC(C)OCCCNC(C)c1cccc(CO)c1. The van der Waals surface area contributed by atoms with Gasteiger partial charge in [-0.1, -0.05) is 24.3 Å². The number of rotatable bonds is 8. The molecule has 0 amide bonds. The number of aliphatic hydroxyl groups excluding tert-OH is 1. The zero-order valence-electron chi connectivity index (χ0n) is 11.6. The van der Waals surface area contributed by atoms with Gasteiger partial charge in [0.2, 0.25) is 0 Å². The molecule has 1 atom stereocenters. The third kappa shape index (κ3) is 5.63. The van der Waals surface area contributed by atoms with Crippen molar-refractivity contribution < 1.29 is 9.84 Å². The third-order valence-corrected chi connectivity index (χ3v) is 2.86. The van der Waals surface area contributed by atoms with Crippen LogP contribution in [0.5, 0.6) is 0 Å². The van der Waals surface area contributed by atoms with Crippen molar-refractivity contribution in [3.8, 4) is 0 Å². The fourth-order valence-electron chi connectivity index (χ4n) is 1.79. The van der Waals surface area contributed by atoms with Gasteiger partial charge in [0.25, 0.3) is 0 Å². The molecule has 0 heterocycles. The fraction of sp³-hybridized carbons (Fsp3) is 0.600. The van der Waals surface area contributed by atoms with Gasteiger partial charge in [-0.15, -0.1) is 0 Å². The second-order valence-corrected chi connectivity index (χ2v) is 4.85. The summed E-state index contributed by atoms with van der Waals surface area (Å²) in [6.07, 6.45) is 1.33. The molecule has 0 aliphatic heterocycles. The molecule has 1 aromatic carbocycles. The summed E-state index contributed by atoms with van der Waals surface area (Å²) in [5.74, 6) is 0. The van der Waals surface area contributed by atoms with Gasteiger partial charge in [-0.05, 0) is 44.9 Å². The van der Waals surface area contributed by atoms with Crippen molar-refractivity contribution in [2.75, 3.05) is 13.2 Å². The summed E-state index contributed by atoms with van der Waals surface area (Å²) < 4.78 is 5.49. The van der Waals surface area contributed by atoms with Crippen molar-refractivity contribution in [2.45, 2.75) is 45.9 Å². The molecule has 2 N–H and O–H groups in total. The van der Waals surface area contributed by atoms with Gasteiger partial charge in [-0.3, -0.25) is 0 Å². The van der Waals surface area contributed by atoms with Crippen LogP contribution in [-0.2, 0) is 11.3 Å². The molecule has 0 bridgehead atoms. The predicted molar refractivity (Wildman–Crippen MR) is 74.5 cm³/mol. The average molecular weight is 251 g/mol. The van der Waals surface area contributed by atoms with Crippen LogP contribution in [0, 0.1) is 0 Å². The Morgan fingerprint density at radius 2 is 2.06 bits per heavy atom. The van der Waals surface area contributed by atoms with Crippen molar-refractivity contribution in [3.63, 3.8) is 0 Å². The van der Waals surface area contributed by atoms with E-state index in [-0.39, 0.29) is 6.61 Å². The summed E-state index contributed by atoms with van der Waals surface area (Å²) in [4.78, 5) is 0. The van der Waals surface area contributed by atoms with Crippen LogP contribution in [0.4, 0.5) is 0 Å². The van der Waals surface area contributed by atoms with Gasteiger partial charge in [0.1, 0.15) is 0 Å². The van der Waals surface area contributed by atoms with Crippen molar-refractivity contribution in [2.24, 2.45) is 0 Å². The Morgan fingerprint density at radius 1 is 1.28 bits per heavy atom. The smallest absolute Gasteiger partial charge is 0.0681 e. The van der Waals surface area contributed by atoms with E-state index in [9.17, 15) is 0 Å². The quantitative estimate of drug-likeness (QED) is 0.698. The van der Waals surface area contributed by atoms with E-state index in [0.717, 1.165) is 25.1 Å². The molecule has 0 radical (unpaired) electrons. The Kier molecular flexibility index (Phi) is 6.94. The Bertz CT molecular complexity index is 339. The van der Waals surface area contributed by atoms with Crippen molar-refractivity contribution in [3.05, 3.63) is 35.4 Å². The van der Waals surface area contributed by atoms with Gasteiger partial charge >= 0.3 is 0 Å². The summed E-state index contributed by atoms with van der Waals surface area (Å²) in [6.45, 7) is 8.08. The van der Waals surface area contributed by atoms with Gasteiger partial charge in [0, 0.05) is 12.6 Å². The molecule has 3 nitrogen and oxygen atoms in total. The van der Waals surface area contributed by atoms with Crippen molar-refractivity contribution in [1.29, 1.82) is 0 Å². The minimum absolute atomic E-state index is 0.1000. The zero-order valence-corrected chi connectivity index (χ0v) is 11.6. The lowest BCUT2D eigenvalue weighted by Crippen LogP contribution is -2.21. The summed E-state index contributed by atoms with van der Waals surface area (Å²) in [5.41, 5.74) is 2.18. The Morgan fingerprint density at radius 3 is 2.72 bits per heavy atom. The van der Waals surface area contributed by atoms with Crippen LogP contribution < -0.4 is 5.32 Å². The van der Waals surface area contributed by atoms with E-state index in [1.165, 1.54) is 5.56 Å². The fourth-order valence-corrected chi connectivity index (χ4v) is 1.79. The van der Waals surface area contributed by atoms with Gasteiger partial charge in [0.15, 0.2) is 0 Å². The number of hydrogen-bond acceptors (Lipinski definition) is 3. The van der Waals surface area contributed by atoms with E-state index in [2.05, 4.69) is 32.2 Å². The molecule has 1 aromatic rings. The highest BCUT2D eigenvalue weighted by molar-refractivity contribution is 5.25. The van der Waals surface area contributed by atoms with Gasteiger partial charge in [0.05, 0.1) is 12.7 Å². The second-order valence-electron chi connectivity index (χ2n) is 4.85. The summed E-state index contributed by atoms with van der Waals surface area (Å²) in [6, 6.07) is 8.35. The molecule has 1 rings (SSSR count). The van der Waals surface area contributed by atoms with E-state index >= 15 is 0 Å². The summed E-state index contributed by atoms with van der Waals surface area (Å²) in [7, 11) is 0. The predicted octanol–water partition coefficient (Wildman–Crippen LogP) is 2.64. The van der Waals surface area contributed by atoms with Crippen LogP contribution in [-0.4, -0.2) is 24.4 Å². The molecule has 0 saturated heterocycles. The molecule has 0 spiro atoms. The highest BCUT2D eigenvalue weighted by Crippen LogP contribution is 2.14. The molecule has 0 saturated carbocycles. The second kappa shape index (κ2) is 8.25. The number of benzene rings is 1. The molecule has 0 aliphatic carbocycles. The normalized spacial score (nSPS) is 12.9. The molecular weight excluding hydrogens is 226 g/mol. The monoisotopic (exact) mass is 251 g/mol. The van der Waals surface area contributed by atoms with Gasteiger partial charge in [-0.25, -0.2) is 0 Å². The van der Waals surface area contributed by atoms with E-state index in [1.807, 2.05) is 18.2 Å². The van der Waals surface area contributed by atoms with Crippen molar-refractivity contribution in [1.82, 2.24) is 5.32 Å². The zero-order chi connectivity index (χ0) is 13.4. The molecule has 18 heavy (non-hydrogen) atoms. The van der Waals surface area contributed by atoms with E-state index < -0.39 is 0 Å². The maximum absolute atomic E-state index is 9.10. The number of nitrogens with one attached hydrogen (secondary N) is 1. The van der Waals surface area contributed by atoms with E-state index in [1.54, 1.807) is 0 Å². The van der Waals surface area contributed by atoms with E-state index in [4.69, 9.17) is 9.84 Å².